The molecule has 0 fully saturated rings. The Labute approximate surface area is 117 Å². The SMILES string of the molecule is CC(=O)N[C@@H](Cc1ccccc1)C(=O)N[C@H](C)C(N)=O. The van der Waals surface area contributed by atoms with Gasteiger partial charge in [-0.05, 0) is 12.5 Å². The molecule has 0 aliphatic carbocycles. The summed E-state index contributed by atoms with van der Waals surface area (Å²) in [5.74, 6) is -1.37. The van der Waals surface area contributed by atoms with Crippen LogP contribution in [0.5, 0.6) is 0 Å². The molecule has 0 radical (unpaired) electrons. The van der Waals surface area contributed by atoms with Crippen LogP contribution in [0.2, 0.25) is 0 Å². The number of benzene rings is 1. The van der Waals surface area contributed by atoms with Crippen molar-refractivity contribution in [3.05, 3.63) is 35.9 Å². The summed E-state index contributed by atoms with van der Waals surface area (Å²) in [5, 5.41) is 5.05. The first-order chi connectivity index (χ1) is 9.40. The van der Waals surface area contributed by atoms with Gasteiger partial charge in [0.25, 0.3) is 0 Å². The van der Waals surface area contributed by atoms with Crippen LogP contribution < -0.4 is 16.4 Å². The normalized spacial score (nSPS) is 13.1. The number of nitrogens with two attached hydrogens (primary N) is 1. The molecule has 0 saturated heterocycles. The lowest BCUT2D eigenvalue weighted by molar-refractivity contribution is -0.130. The Bertz CT molecular complexity index is 488. The Hall–Kier alpha value is -2.37. The van der Waals surface area contributed by atoms with Crippen molar-refractivity contribution in [2.75, 3.05) is 0 Å². The average Bonchev–Trinajstić information content (AvgIpc) is 2.38. The molecule has 1 aromatic carbocycles. The zero-order valence-corrected chi connectivity index (χ0v) is 11.6. The van der Waals surface area contributed by atoms with Gasteiger partial charge in [-0.2, -0.15) is 0 Å². The molecule has 4 N–H and O–H groups in total. The van der Waals surface area contributed by atoms with Gasteiger partial charge in [0.15, 0.2) is 0 Å². The molecule has 6 nitrogen and oxygen atoms in total. The van der Waals surface area contributed by atoms with Gasteiger partial charge < -0.3 is 16.4 Å². The molecule has 20 heavy (non-hydrogen) atoms. The predicted molar refractivity (Wildman–Crippen MR) is 74.5 cm³/mol. The van der Waals surface area contributed by atoms with Gasteiger partial charge in [-0.3, -0.25) is 14.4 Å². The highest BCUT2D eigenvalue weighted by atomic mass is 16.2. The molecule has 1 rings (SSSR count). The van der Waals surface area contributed by atoms with Crippen LogP contribution in [0.25, 0.3) is 0 Å². The van der Waals surface area contributed by atoms with Gasteiger partial charge in [0, 0.05) is 13.3 Å². The van der Waals surface area contributed by atoms with Gasteiger partial charge in [0.2, 0.25) is 17.7 Å². The standard InChI is InChI=1S/C14H19N3O3/c1-9(13(15)19)16-14(20)12(17-10(2)18)8-11-6-4-3-5-7-11/h3-7,9,12H,8H2,1-2H3,(H2,15,19)(H,16,20)(H,17,18)/t9-,12+/m1/s1. The molecule has 0 aliphatic rings. The number of nitrogens with one attached hydrogen (secondary N) is 2. The summed E-state index contributed by atoms with van der Waals surface area (Å²) in [6.45, 7) is 2.83. The van der Waals surface area contributed by atoms with Gasteiger partial charge in [0.05, 0.1) is 0 Å². The summed E-state index contributed by atoms with van der Waals surface area (Å²) >= 11 is 0. The van der Waals surface area contributed by atoms with Crippen molar-refractivity contribution in [2.45, 2.75) is 32.4 Å². The largest absolute Gasteiger partial charge is 0.368 e. The molecule has 3 amide bonds. The van der Waals surface area contributed by atoms with Gasteiger partial charge in [0.1, 0.15) is 12.1 Å². The molecule has 0 unspecified atom stereocenters. The third kappa shape index (κ3) is 5.09. The van der Waals surface area contributed by atoms with Crippen LogP contribution in [0.1, 0.15) is 19.4 Å². The number of carbonyl (C=O) groups excluding carboxylic acids is 3. The van der Waals surface area contributed by atoms with Gasteiger partial charge in [-0.25, -0.2) is 0 Å². The number of hydrogen-bond acceptors (Lipinski definition) is 3. The van der Waals surface area contributed by atoms with Crippen molar-refractivity contribution in [2.24, 2.45) is 5.73 Å². The van der Waals surface area contributed by atoms with Gasteiger partial charge in [-0.1, -0.05) is 30.3 Å². The highest BCUT2D eigenvalue weighted by Crippen LogP contribution is 2.04. The van der Waals surface area contributed by atoms with E-state index in [-0.39, 0.29) is 5.91 Å². The minimum atomic E-state index is -0.783. The first-order valence-electron chi connectivity index (χ1n) is 6.31. The maximum atomic E-state index is 12.1. The van der Waals surface area contributed by atoms with E-state index in [1.54, 1.807) is 0 Å². The molecular formula is C14H19N3O3. The molecule has 0 bridgehead atoms. The van der Waals surface area contributed by atoms with Crippen LogP contribution in [0.4, 0.5) is 0 Å². The van der Waals surface area contributed by atoms with E-state index in [1.807, 2.05) is 30.3 Å². The monoisotopic (exact) mass is 277 g/mol. The minimum Gasteiger partial charge on any atom is -0.368 e. The number of hydrogen-bond donors (Lipinski definition) is 3. The lowest BCUT2D eigenvalue weighted by Gasteiger charge is -2.19. The van der Waals surface area contributed by atoms with Crippen LogP contribution in [0.15, 0.2) is 30.3 Å². The molecular weight excluding hydrogens is 258 g/mol. The Morgan fingerprint density at radius 1 is 1.15 bits per heavy atom. The topological polar surface area (TPSA) is 101 Å². The van der Waals surface area contributed by atoms with E-state index in [0.29, 0.717) is 6.42 Å². The van der Waals surface area contributed by atoms with E-state index >= 15 is 0 Å². The number of carbonyl (C=O) groups is 3. The average molecular weight is 277 g/mol. The number of rotatable bonds is 6. The van der Waals surface area contributed by atoms with Crippen LogP contribution in [0, 0.1) is 0 Å². The van der Waals surface area contributed by atoms with E-state index in [9.17, 15) is 14.4 Å². The lowest BCUT2D eigenvalue weighted by atomic mass is 10.0. The second-order valence-electron chi connectivity index (χ2n) is 4.58. The fourth-order valence-corrected chi connectivity index (χ4v) is 1.69. The number of amides is 3. The molecule has 0 saturated carbocycles. The summed E-state index contributed by atoms with van der Waals surface area (Å²) < 4.78 is 0. The Morgan fingerprint density at radius 3 is 2.25 bits per heavy atom. The minimum absolute atomic E-state index is 0.312. The first kappa shape index (κ1) is 15.7. The zero-order valence-electron chi connectivity index (χ0n) is 11.6. The van der Waals surface area contributed by atoms with E-state index in [2.05, 4.69) is 10.6 Å². The molecule has 0 aliphatic heterocycles. The van der Waals surface area contributed by atoms with E-state index in [4.69, 9.17) is 5.73 Å². The molecule has 0 aromatic heterocycles. The van der Waals surface area contributed by atoms with Crippen molar-refractivity contribution in [1.82, 2.24) is 10.6 Å². The van der Waals surface area contributed by atoms with Crippen LogP contribution in [-0.4, -0.2) is 29.8 Å². The Morgan fingerprint density at radius 2 is 1.75 bits per heavy atom. The molecule has 108 valence electrons. The van der Waals surface area contributed by atoms with Gasteiger partial charge >= 0.3 is 0 Å². The second-order valence-corrected chi connectivity index (χ2v) is 4.58. The van der Waals surface area contributed by atoms with E-state index < -0.39 is 23.9 Å². The molecule has 6 heteroatoms. The molecule has 0 heterocycles. The predicted octanol–water partition coefficient (Wildman–Crippen LogP) is -0.276. The van der Waals surface area contributed by atoms with Crippen LogP contribution >= 0.6 is 0 Å². The fourth-order valence-electron chi connectivity index (χ4n) is 1.69. The summed E-state index contributed by atoms with van der Waals surface area (Å²) in [6, 6.07) is 7.77. The first-order valence-corrected chi connectivity index (χ1v) is 6.31. The van der Waals surface area contributed by atoms with Crippen molar-refractivity contribution < 1.29 is 14.4 Å². The molecule has 2 atom stereocenters. The third-order valence-corrected chi connectivity index (χ3v) is 2.76. The quantitative estimate of drug-likeness (QED) is 0.666. The maximum Gasteiger partial charge on any atom is 0.243 e. The van der Waals surface area contributed by atoms with Crippen LogP contribution in [0.3, 0.4) is 0 Å². The smallest absolute Gasteiger partial charge is 0.243 e. The van der Waals surface area contributed by atoms with Crippen LogP contribution in [-0.2, 0) is 20.8 Å². The summed E-state index contributed by atoms with van der Waals surface area (Å²) in [5.41, 5.74) is 6.01. The summed E-state index contributed by atoms with van der Waals surface area (Å²) in [4.78, 5) is 34.2. The van der Waals surface area contributed by atoms with Crippen molar-refractivity contribution in [3.8, 4) is 0 Å². The fraction of sp³-hybridized carbons (Fsp3) is 0.357. The Kier molecular flexibility index (Phi) is 5.71. The molecule has 0 spiro atoms. The second kappa shape index (κ2) is 7.28. The van der Waals surface area contributed by atoms with E-state index in [1.165, 1.54) is 13.8 Å². The van der Waals surface area contributed by atoms with Gasteiger partial charge in [-0.15, -0.1) is 0 Å². The van der Waals surface area contributed by atoms with Crippen molar-refractivity contribution in [3.63, 3.8) is 0 Å². The maximum absolute atomic E-state index is 12.1. The number of primary amides is 1. The van der Waals surface area contributed by atoms with Crippen molar-refractivity contribution >= 4 is 17.7 Å². The Balaban J connectivity index is 2.75. The highest BCUT2D eigenvalue weighted by Gasteiger charge is 2.22. The summed E-state index contributed by atoms with van der Waals surface area (Å²) in [6.07, 6.45) is 0.345. The van der Waals surface area contributed by atoms with Crippen molar-refractivity contribution in [1.29, 1.82) is 0 Å². The lowest BCUT2D eigenvalue weighted by Crippen LogP contribution is -2.52. The zero-order chi connectivity index (χ0) is 15.1. The summed E-state index contributed by atoms with van der Waals surface area (Å²) in [7, 11) is 0. The van der Waals surface area contributed by atoms with E-state index in [0.717, 1.165) is 5.56 Å². The third-order valence-electron chi connectivity index (χ3n) is 2.76. The highest BCUT2D eigenvalue weighted by molar-refractivity contribution is 5.91. The molecule has 1 aromatic rings.